The smallest absolute Gasteiger partial charge is 0.264 e. The van der Waals surface area contributed by atoms with Crippen molar-refractivity contribution in [3.63, 3.8) is 0 Å². The van der Waals surface area contributed by atoms with E-state index in [0.717, 1.165) is 22.2 Å². The van der Waals surface area contributed by atoms with Gasteiger partial charge >= 0.3 is 0 Å². The largest absolute Gasteiger partial charge is 0.365 e. The number of rotatable bonds is 6. The lowest BCUT2D eigenvalue weighted by molar-refractivity contribution is 0.152. The highest BCUT2D eigenvalue weighted by Crippen LogP contribution is 2.31. The first-order chi connectivity index (χ1) is 16.2. The van der Waals surface area contributed by atoms with Crippen molar-refractivity contribution >= 4 is 16.7 Å². The molecule has 1 N–H and O–H groups in total. The van der Waals surface area contributed by atoms with Gasteiger partial charge in [0.05, 0.1) is 11.2 Å². The Labute approximate surface area is 190 Å². The summed E-state index contributed by atoms with van der Waals surface area (Å²) in [5, 5.41) is 4.20. The predicted molar refractivity (Wildman–Crippen MR) is 127 cm³/mol. The second kappa shape index (κ2) is 9.12. The van der Waals surface area contributed by atoms with Crippen molar-refractivity contribution in [2.24, 2.45) is 0 Å². The Bertz CT molecular complexity index is 1390. The lowest BCUT2D eigenvalue weighted by atomic mass is 10.1. The van der Waals surface area contributed by atoms with Crippen molar-refractivity contribution in [1.82, 2.24) is 15.0 Å². The summed E-state index contributed by atoms with van der Waals surface area (Å²) in [5.74, 6) is 0.881. The maximum atomic E-state index is 13.6. The second-order valence-electron chi connectivity index (χ2n) is 7.57. The number of hydrogen-bond donors (Lipinski definition) is 1. The molecule has 33 heavy (non-hydrogen) atoms. The first-order valence-electron chi connectivity index (χ1n) is 10.6. The first-order valence-corrected chi connectivity index (χ1v) is 10.6. The Morgan fingerprint density at radius 3 is 2.30 bits per heavy atom. The molecule has 0 saturated heterocycles. The van der Waals surface area contributed by atoms with Crippen LogP contribution in [-0.2, 0) is 6.54 Å². The van der Waals surface area contributed by atoms with Gasteiger partial charge in [-0.25, -0.2) is 18.7 Å². The van der Waals surface area contributed by atoms with Crippen LogP contribution in [0.15, 0.2) is 97.2 Å². The SMILES string of the molecule is FC(F)c1ccccc1-c1nc(NCc2ccc(-c3ccccn3)cc2)c2ccccc2n1. The fourth-order valence-electron chi connectivity index (χ4n) is 3.74. The van der Waals surface area contributed by atoms with Crippen molar-refractivity contribution in [1.29, 1.82) is 0 Å². The zero-order valence-electron chi connectivity index (χ0n) is 17.6. The number of hydrogen-bond acceptors (Lipinski definition) is 4. The van der Waals surface area contributed by atoms with Crippen molar-refractivity contribution < 1.29 is 8.78 Å². The summed E-state index contributed by atoms with van der Waals surface area (Å²) in [6.45, 7) is 0.527. The van der Waals surface area contributed by atoms with Crippen LogP contribution in [0.25, 0.3) is 33.5 Å². The van der Waals surface area contributed by atoms with Crippen molar-refractivity contribution in [2.75, 3.05) is 5.32 Å². The summed E-state index contributed by atoms with van der Waals surface area (Å²) >= 11 is 0. The van der Waals surface area contributed by atoms with Crippen LogP contribution in [0.1, 0.15) is 17.6 Å². The van der Waals surface area contributed by atoms with E-state index in [-0.39, 0.29) is 11.4 Å². The molecule has 5 aromatic rings. The van der Waals surface area contributed by atoms with Gasteiger partial charge in [0.25, 0.3) is 6.43 Å². The van der Waals surface area contributed by atoms with Gasteiger partial charge in [-0.15, -0.1) is 0 Å². The molecule has 0 atom stereocenters. The lowest BCUT2D eigenvalue weighted by Gasteiger charge is -2.13. The summed E-state index contributed by atoms with van der Waals surface area (Å²) in [6, 6.07) is 27.9. The number of nitrogens with one attached hydrogen (secondary N) is 1. The summed E-state index contributed by atoms with van der Waals surface area (Å²) in [6.07, 6.45) is -0.834. The average molecular weight is 438 g/mol. The molecule has 0 aliphatic carbocycles. The van der Waals surface area contributed by atoms with Crippen molar-refractivity contribution in [2.45, 2.75) is 13.0 Å². The van der Waals surface area contributed by atoms with Gasteiger partial charge in [-0.05, 0) is 29.8 Å². The van der Waals surface area contributed by atoms with Gasteiger partial charge in [0.1, 0.15) is 5.82 Å². The molecule has 0 amide bonds. The third-order valence-corrected chi connectivity index (χ3v) is 5.41. The lowest BCUT2D eigenvalue weighted by Crippen LogP contribution is -2.05. The molecule has 0 saturated carbocycles. The average Bonchev–Trinajstić information content (AvgIpc) is 2.88. The number of fused-ring (bicyclic) bond motifs is 1. The maximum Gasteiger partial charge on any atom is 0.264 e. The molecule has 0 spiro atoms. The molecule has 0 aliphatic heterocycles. The summed E-state index contributed by atoms with van der Waals surface area (Å²) in [4.78, 5) is 13.6. The number of benzene rings is 3. The van der Waals surface area contributed by atoms with Gasteiger partial charge < -0.3 is 5.32 Å². The highest BCUT2D eigenvalue weighted by Gasteiger charge is 2.17. The molecule has 0 bridgehead atoms. The number of halogens is 2. The van der Waals surface area contributed by atoms with Crippen LogP contribution in [0.3, 0.4) is 0 Å². The number of para-hydroxylation sites is 1. The summed E-state index contributed by atoms with van der Waals surface area (Å²) < 4.78 is 27.2. The molecule has 4 nitrogen and oxygen atoms in total. The maximum absolute atomic E-state index is 13.6. The number of nitrogens with zero attached hydrogens (tertiary/aromatic N) is 3. The zero-order valence-corrected chi connectivity index (χ0v) is 17.6. The third kappa shape index (κ3) is 4.41. The van der Waals surface area contributed by atoms with Crippen LogP contribution in [0, 0.1) is 0 Å². The zero-order chi connectivity index (χ0) is 22.6. The van der Waals surface area contributed by atoms with Gasteiger partial charge in [-0.2, -0.15) is 0 Å². The second-order valence-corrected chi connectivity index (χ2v) is 7.57. The van der Waals surface area contributed by atoms with Gasteiger partial charge in [-0.3, -0.25) is 4.98 Å². The van der Waals surface area contributed by atoms with Gasteiger partial charge in [0.15, 0.2) is 5.82 Å². The van der Waals surface area contributed by atoms with E-state index in [1.54, 1.807) is 24.4 Å². The van der Waals surface area contributed by atoms with Crippen LogP contribution in [0.5, 0.6) is 0 Å². The molecule has 2 aromatic heterocycles. The van der Waals surface area contributed by atoms with E-state index < -0.39 is 6.43 Å². The number of anilines is 1. The molecule has 0 unspecified atom stereocenters. The summed E-state index contributed by atoms with van der Waals surface area (Å²) in [7, 11) is 0. The molecule has 3 aromatic carbocycles. The highest BCUT2D eigenvalue weighted by atomic mass is 19.3. The van der Waals surface area contributed by atoms with Gasteiger partial charge in [0.2, 0.25) is 0 Å². The Kier molecular flexibility index (Phi) is 5.72. The predicted octanol–water partition coefficient (Wildman–Crippen LogP) is 6.91. The van der Waals surface area contributed by atoms with E-state index in [1.165, 1.54) is 6.07 Å². The van der Waals surface area contributed by atoms with Gasteiger partial charge in [-0.1, -0.05) is 66.7 Å². The highest BCUT2D eigenvalue weighted by molar-refractivity contribution is 5.90. The minimum Gasteiger partial charge on any atom is -0.365 e. The van der Waals surface area contributed by atoms with Gasteiger partial charge in [0, 0.05) is 34.8 Å². The molecule has 0 fully saturated rings. The van der Waals surface area contributed by atoms with Crippen LogP contribution >= 0.6 is 0 Å². The number of pyridine rings is 1. The third-order valence-electron chi connectivity index (χ3n) is 5.41. The molecule has 0 radical (unpaired) electrons. The van der Waals surface area contributed by atoms with Crippen molar-refractivity contribution in [3.8, 4) is 22.6 Å². The Morgan fingerprint density at radius 1 is 0.758 bits per heavy atom. The quantitative estimate of drug-likeness (QED) is 0.313. The molecular formula is C27H20F2N4. The van der Waals surface area contributed by atoms with Crippen LogP contribution in [-0.4, -0.2) is 15.0 Å². The van der Waals surface area contributed by atoms with Crippen LogP contribution in [0.4, 0.5) is 14.6 Å². The molecule has 5 rings (SSSR count). The molecular weight excluding hydrogens is 418 g/mol. The Hall–Kier alpha value is -4.19. The van der Waals surface area contributed by atoms with E-state index >= 15 is 0 Å². The van der Waals surface area contributed by atoms with E-state index in [4.69, 9.17) is 0 Å². The van der Waals surface area contributed by atoms with E-state index in [0.29, 0.717) is 23.4 Å². The summed E-state index contributed by atoms with van der Waals surface area (Å²) in [5.41, 5.74) is 3.97. The Balaban J connectivity index is 1.46. The molecule has 0 aliphatic rings. The fraction of sp³-hybridized carbons (Fsp3) is 0.0741. The normalized spacial score (nSPS) is 11.1. The monoisotopic (exact) mass is 438 g/mol. The van der Waals surface area contributed by atoms with E-state index in [1.807, 2.05) is 66.7 Å². The minimum absolute atomic E-state index is 0.0798. The van der Waals surface area contributed by atoms with Crippen molar-refractivity contribution in [3.05, 3.63) is 108 Å². The standard InChI is InChI=1S/C27H20F2N4/c28-25(29)20-7-1-2-8-21(20)27-32-24-11-4-3-9-22(24)26(33-27)31-17-18-12-14-19(15-13-18)23-10-5-6-16-30-23/h1-16,25H,17H2,(H,31,32,33). The fourth-order valence-corrected chi connectivity index (χ4v) is 3.74. The molecule has 2 heterocycles. The minimum atomic E-state index is -2.61. The van der Waals surface area contributed by atoms with Crippen LogP contribution < -0.4 is 5.32 Å². The molecule has 6 heteroatoms. The van der Waals surface area contributed by atoms with E-state index in [2.05, 4.69) is 20.3 Å². The number of aromatic nitrogens is 3. The topological polar surface area (TPSA) is 50.7 Å². The molecule has 162 valence electrons. The first kappa shape index (κ1) is 20.7. The Morgan fingerprint density at radius 2 is 1.52 bits per heavy atom. The van der Waals surface area contributed by atoms with Crippen LogP contribution in [0.2, 0.25) is 0 Å². The number of alkyl halides is 2. The van der Waals surface area contributed by atoms with E-state index in [9.17, 15) is 8.78 Å².